The summed E-state index contributed by atoms with van der Waals surface area (Å²) < 4.78 is 0. The monoisotopic (exact) mass is 130 g/mol. The smallest absolute Gasteiger partial charge is 0.335 e. The maximum absolute atomic E-state index is 10.3. The van der Waals surface area contributed by atoms with Crippen molar-refractivity contribution in [3.63, 3.8) is 0 Å². The summed E-state index contributed by atoms with van der Waals surface area (Å²) >= 11 is 0. The maximum atomic E-state index is 10.3. The number of aliphatic hydroxyl groups is 1. The fraction of sp³-hybridized carbons (Fsp3) is 0.833. The first kappa shape index (κ1) is 6.55. The highest BCUT2D eigenvalue weighted by atomic mass is 16.4. The third-order valence-corrected chi connectivity index (χ3v) is 1.81. The predicted octanol–water partition coefficient (Wildman–Crippen LogP) is 0.232. The molecule has 0 unspecified atom stereocenters. The van der Waals surface area contributed by atoms with Crippen LogP contribution in [-0.2, 0) is 4.79 Å². The number of carboxylic acid groups (broad SMARTS) is 1. The van der Waals surface area contributed by atoms with Crippen LogP contribution in [0.25, 0.3) is 0 Å². The molecule has 2 N–H and O–H groups in total. The summed E-state index contributed by atoms with van der Waals surface area (Å²) in [4.78, 5) is 10.3. The molecule has 3 heteroatoms. The van der Waals surface area contributed by atoms with Crippen LogP contribution in [0.15, 0.2) is 0 Å². The topological polar surface area (TPSA) is 57.5 Å². The molecule has 1 atom stereocenters. The average molecular weight is 130 g/mol. The molecule has 1 rings (SSSR count). The lowest BCUT2D eigenvalue weighted by Crippen LogP contribution is -2.36. The van der Waals surface area contributed by atoms with Gasteiger partial charge in [0.15, 0.2) is 5.60 Å². The van der Waals surface area contributed by atoms with Crippen LogP contribution in [-0.4, -0.2) is 21.8 Å². The number of hydrogen-bond donors (Lipinski definition) is 2. The van der Waals surface area contributed by atoms with Gasteiger partial charge in [-0.3, -0.25) is 0 Å². The fourth-order valence-corrected chi connectivity index (χ4v) is 0.820. The Balaban J connectivity index is 2.59. The normalized spacial score (nSPS) is 25.1. The van der Waals surface area contributed by atoms with Gasteiger partial charge in [-0.05, 0) is 25.7 Å². The maximum Gasteiger partial charge on any atom is 0.335 e. The van der Waals surface area contributed by atoms with E-state index in [0.29, 0.717) is 0 Å². The second-order valence-electron chi connectivity index (χ2n) is 2.73. The second-order valence-corrected chi connectivity index (χ2v) is 2.73. The summed E-state index contributed by atoms with van der Waals surface area (Å²) in [6.45, 7) is 1.35. The molecule has 0 aliphatic heterocycles. The van der Waals surface area contributed by atoms with Crippen LogP contribution in [0.4, 0.5) is 0 Å². The van der Waals surface area contributed by atoms with Crippen LogP contribution in [0.3, 0.4) is 0 Å². The van der Waals surface area contributed by atoms with Gasteiger partial charge in [-0.15, -0.1) is 0 Å². The van der Waals surface area contributed by atoms with Crippen molar-refractivity contribution in [2.75, 3.05) is 0 Å². The molecular weight excluding hydrogens is 120 g/mol. The van der Waals surface area contributed by atoms with Crippen molar-refractivity contribution in [3.8, 4) is 0 Å². The molecule has 52 valence electrons. The quantitative estimate of drug-likeness (QED) is 0.562. The SMILES string of the molecule is C[C@](O)(C(=O)O)C1CC1. The molecule has 0 spiro atoms. The Morgan fingerprint density at radius 2 is 2.11 bits per heavy atom. The van der Waals surface area contributed by atoms with Crippen molar-refractivity contribution >= 4 is 5.97 Å². The molecule has 3 nitrogen and oxygen atoms in total. The van der Waals surface area contributed by atoms with Gasteiger partial charge < -0.3 is 10.2 Å². The first-order valence-corrected chi connectivity index (χ1v) is 3.01. The molecular formula is C6H10O3. The highest BCUT2D eigenvalue weighted by Crippen LogP contribution is 2.39. The van der Waals surface area contributed by atoms with E-state index >= 15 is 0 Å². The van der Waals surface area contributed by atoms with Crippen LogP contribution in [0.1, 0.15) is 19.8 Å². The summed E-state index contributed by atoms with van der Waals surface area (Å²) in [7, 11) is 0. The number of aliphatic carboxylic acids is 1. The average Bonchev–Trinajstić information content (AvgIpc) is 2.42. The summed E-state index contributed by atoms with van der Waals surface area (Å²) in [6.07, 6.45) is 1.69. The molecule has 0 amide bonds. The largest absolute Gasteiger partial charge is 0.479 e. The summed E-state index contributed by atoms with van der Waals surface area (Å²) in [6, 6.07) is 0. The predicted molar refractivity (Wildman–Crippen MR) is 31.0 cm³/mol. The van der Waals surface area contributed by atoms with E-state index in [1.807, 2.05) is 0 Å². The van der Waals surface area contributed by atoms with E-state index in [0.717, 1.165) is 12.8 Å². The van der Waals surface area contributed by atoms with E-state index < -0.39 is 11.6 Å². The van der Waals surface area contributed by atoms with E-state index in [1.54, 1.807) is 0 Å². The molecule has 1 saturated carbocycles. The number of carbonyl (C=O) groups is 1. The Kier molecular flexibility index (Phi) is 1.24. The van der Waals surface area contributed by atoms with Gasteiger partial charge in [0.25, 0.3) is 0 Å². The standard InChI is InChI=1S/C6H10O3/c1-6(9,5(7)8)4-2-3-4/h4,9H,2-3H2,1H3,(H,7,8)/t6-/m1/s1. The van der Waals surface area contributed by atoms with Gasteiger partial charge in [0, 0.05) is 0 Å². The number of hydrogen-bond acceptors (Lipinski definition) is 2. The van der Waals surface area contributed by atoms with Crippen LogP contribution in [0.5, 0.6) is 0 Å². The zero-order valence-electron chi connectivity index (χ0n) is 5.29. The molecule has 0 heterocycles. The Labute approximate surface area is 53.3 Å². The third-order valence-electron chi connectivity index (χ3n) is 1.81. The molecule has 1 aliphatic rings. The molecule has 0 radical (unpaired) electrons. The molecule has 0 aromatic carbocycles. The Bertz CT molecular complexity index is 135. The van der Waals surface area contributed by atoms with Gasteiger partial charge in [0.05, 0.1) is 0 Å². The van der Waals surface area contributed by atoms with Crippen molar-refractivity contribution in [3.05, 3.63) is 0 Å². The zero-order valence-corrected chi connectivity index (χ0v) is 5.29. The van der Waals surface area contributed by atoms with Crippen molar-refractivity contribution in [2.24, 2.45) is 5.92 Å². The van der Waals surface area contributed by atoms with Gasteiger partial charge in [0.1, 0.15) is 0 Å². The van der Waals surface area contributed by atoms with Crippen LogP contribution < -0.4 is 0 Å². The van der Waals surface area contributed by atoms with Crippen LogP contribution in [0, 0.1) is 5.92 Å². The van der Waals surface area contributed by atoms with Gasteiger partial charge in [0.2, 0.25) is 0 Å². The van der Waals surface area contributed by atoms with E-state index in [2.05, 4.69) is 0 Å². The Morgan fingerprint density at radius 3 is 2.22 bits per heavy atom. The highest BCUT2D eigenvalue weighted by Gasteiger charge is 2.45. The molecule has 0 bridgehead atoms. The van der Waals surface area contributed by atoms with Gasteiger partial charge >= 0.3 is 5.97 Å². The van der Waals surface area contributed by atoms with E-state index in [1.165, 1.54) is 6.92 Å². The van der Waals surface area contributed by atoms with E-state index in [9.17, 15) is 4.79 Å². The van der Waals surface area contributed by atoms with Crippen LogP contribution in [0.2, 0.25) is 0 Å². The molecule has 0 aromatic heterocycles. The third kappa shape index (κ3) is 1.05. The van der Waals surface area contributed by atoms with E-state index in [-0.39, 0.29) is 5.92 Å². The Hall–Kier alpha value is -0.570. The minimum absolute atomic E-state index is 0.00463. The summed E-state index contributed by atoms with van der Waals surface area (Å²) in [5.41, 5.74) is -1.47. The molecule has 0 saturated heterocycles. The van der Waals surface area contributed by atoms with Gasteiger partial charge in [-0.1, -0.05) is 0 Å². The minimum Gasteiger partial charge on any atom is -0.479 e. The van der Waals surface area contributed by atoms with Gasteiger partial charge in [-0.2, -0.15) is 0 Å². The summed E-state index contributed by atoms with van der Waals surface area (Å²) in [5.74, 6) is -1.11. The fourth-order valence-electron chi connectivity index (χ4n) is 0.820. The lowest BCUT2D eigenvalue weighted by Gasteiger charge is -2.15. The van der Waals surface area contributed by atoms with Gasteiger partial charge in [-0.25, -0.2) is 4.79 Å². The number of rotatable bonds is 2. The molecule has 1 fully saturated rings. The van der Waals surface area contributed by atoms with Crippen molar-refractivity contribution < 1.29 is 15.0 Å². The molecule has 9 heavy (non-hydrogen) atoms. The number of carboxylic acids is 1. The van der Waals surface area contributed by atoms with Crippen molar-refractivity contribution in [1.29, 1.82) is 0 Å². The first-order valence-electron chi connectivity index (χ1n) is 3.01. The highest BCUT2D eigenvalue weighted by molar-refractivity contribution is 5.77. The zero-order chi connectivity index (χ0) is 7.07. The Morgan fingerprint density at radius 1 is 1.67 bits per heavy atom. The second kappa shape index (κ2) is 1.70. The lowest BCUT2D eigenvalue weighted by atomic mass is 10.0. The van der Waals surface area contributed by atoms with Crippen molar-refractivity contribution in [1.82, 2.24) is 0 Å². The minimum atomic E-state index is -1.47. The van der Waals surface area contributed by atoms with Crippen LogP contribution >= 0.6 is 0 Å². The lowest BCUT2D eigenvalue weighted by molar-refractivity contribution is -0.158. The first-order chi connectivity index (χ1) is 4.05. The summed E-state index contributed by atoms with van der Waals surface area (Å²) in [5, 5.41) is 17.5. The molecule has 1 aliphatic carbocycles. The van der Waals surface area contributed by atoms with E-state index in [4.69, 9.17) is 10.2 Å². The molecule has 0 aromatic rings. The van der Waals surface area contributed by atoms with Crippen molar-refractivity contribution in [2.45, 2.75) is 25.4 Å².